The summed E-state index contributed by atoms with van der Waals surface area (Å²) >= 11 is 0. The predicted octanol–water partition coefficient (Wildman–Crippen LogP) is -4.74. The molecule has 0 spiro atoms. The molecule has 14 nitrogen and oxygen atoms in total. The van der Waals surface area contributed by atoms with Gasteiger partial charge in [-0.1, -0.05) is 0 Å². The van der Waals surface area contributed by atoms with Gasteiger partial charge in [0.2, 0.25) is 0 Å². The minimum Gasteiger partial charge on any atom is -0.394 e. The van der Waals surface area contributed by atoms with Crippen LogP contribution < -0.4 is 22.1 Å². The average Bonchev–Trinajstić information content (AvgIpc) is 3.57. The van der Waals surface area contributed by atoms with E-state index in [9.17, 15) is 30.0 Å². The second-order valence-corrected chi connectivity index (χ2v) is 6.20. The Morgan fingerprint density at radius 3 is 1.46 bits per heavy atom. The van der Waals surface area contributed by atoms with Crippen LogP contribution in [-0.4, -0.2) is 92.3 Å². The number of aromatic nitrogens is 2. The van der Waals surface area contributed by atoms with Crippen LogP contribution >= 0.6 is 0 Å². The first kappa shape index (κ1) is 20.1. The van der Waals surface area contributed by atoms with Crippen LogP contribution in [0.15, 0.2) is 0 Å². The standard InChI is InChI=1S/C14H20N6O8/c15-9-5(11(23)17-3(1-21)7-13(25)27-7)19-10(16)6(20-9)12(24)18-4(2-22)8-14(26)28-8/h3-4,7-8,13-14,21-22,25-26H,1-2H2,(H2,16,19)(H2,15,20)(H,17,23)(H,18,24)/t3-,4-,7?,8?,13?,14?/m1/s1. The van der Waals surface area contributed by atoms with Crippen LogP contribution in [0.4, 0.5) is 11.6 Å². The highest BCUT2D eigenvalue weighted by molar-refractivity contribution is 6.01. The lowest BCUT2D eigenvalue weighted by molar-refractivity contribution is 0.0886. The number of nitrogens with one attached hydrogen (secondary N) is 2. The van der Waals surface area contributed by atoms with Crippen molar-refractivity contribution >= 4 is 23.5 Å². The van der Waals surface area contributed by atoms with Crippen LogP contribution in [0, 0.1) is 0 Å². The molecule has 0 saturated carbocycles. The highest BCUT2D eigenvalue weighted by atomic mass is 16.7. The molecule has 3 rings (SSSR count). The normalized spacial score (nSPS) is 27.6. The van der Waals surface area contributed by atoms with Crippen LogP contribution in [0.1, 0.15) is 21.0 Å². The molecule has 10 N–H and O–H groups in total. The van der Waals surface area contributed by atoms with E-state index in [0.29, 0.717) is 0 Å². The fourth-order valence-corrected chi connectivity index (χ4v) is 2.55. The lowest BCUT2D eigenvalue weighted by Crippen LogP contribution is -2.44. The van der Waals surface area contributed by atoms with E-state index in [1.54, 1.807) is 0 Å². The number of aliphatic hydroxyl groups excluding tert-OH is 4. The van der Waals surface area contributed by atoms with Crippen LogP contribution in [0.25, 0.3) is 0 Å². The van der Waals surface area contributed by atoms with Gasteiger partial charge in [0.25, 0.3) is 11.8 Å². The van der Waals surface area contributed by atoms with Gasteiger partial charge in [-0.05, 0) is 0 Å². The van der Waals surface area contributed by atoms with Crippen molar-refractivity contribution < 1.29 is 39.5 Å². The van der Waals surface area contributed by atoms with Crippen molar-refractivity contribution in [3.05, 3.63) is 11.4 Å². The maximum atomic E-state index is 12.3. The summed E-state index contributed by atoms with van der Waals surface area (Å²) in [5, 5.41) is 41.7. The van der Waals surface area contributed by atoms with Crippen LogP contribution in [0.3, 0.4) is 0 Å². The van der Waals surface area contributed by atoms with Crippen molar-refractivity contribution in [1.29, 1.82) is 0 Å². The summed E-state index contributed by atoms with van der Waals surface area (Å²) in [6.07, 6.45) is -3.71. The molecule has 0 aliphatic carbocycles. The number of rotatable bonds is 8. The van der Waals surface area contributed by atoms with Gasteiger partial charge < -0.3 is 52.0 Å². The Morgan fingerprint density at radius 1 is 0.893 bits per heavy atom. The van der Waals surface area contributed by atoms with Gasteiger partial charge in [0, 0.05) is 0 Å². The molecule has 14 heteroatoms. The number of carbonyl (C=O) groups is 2. The van der Waals surface area contributed by atoms with E-state index >= 15 is 0 Å². The molecule has 28 heavy (non-hydrogen) atoms. The summed E-state index contributed by atoms with van der Waals surface area (Å²) in [5.41, 5.74) is 10.6. The molecule has 0 bridgehead atoms. The maximum Gasteiger partial charge on any atom is 0.274 e. The van der Waals surface area contributed by atoms with E-state index in [1.165, 1.54) is 0 Å². The lowest BCUT2D eigenvalue weighted by atomic mass is 10.2. The van der Waals surface area contributed by atoms with Gasteiger partial charge in [0.15, 0.2) is 35.6 Å². The zero-order chi connectivity index (χ0) is 20.6. The van der Waals surface area contributed by atoms with Crippen molar-refractivity contribution in [3.8, 4) is 0 Å². The van der Waals surface area contributed by atoms with Gasteiger partial charge in [-0.25, -0.2) is 9.97 Å². The second kappa shape index (κ2) is 7.78. The van der Waals surface area contributed by atoms with Crippen molar-refractivity contribution in [2.24, 2.45) is 0 Å². The first-order valence-electron chi connectivity index (χ1n) is 8.20. The molecule has 2 saturated heterocycles. The summed E-state index contributed by atoms with van der Waals surface area (Å²) in [4.78, 5) is 32.1. The number of nitrogen functional groups attached to an aromatic ring is 2. The SMILES string of the molecule is Nc1nc(C(=O)N[C@H](CO)C2OC2O)c(N)nc1C(=O)N[C@H](CO)C1OC1O. The third-order valence-electron chi connectivity index (χ3n) is 4.20. The Balaban J connectivity index is 1.71. The number of hydrogen-bond donors (Lipinski definition) is 8. The largest absolute Gasteiger partial charge is 0.394 e. The number of carbonyl (C=O) groups excluding carboxylic acids is 2. The number of hydrogen-bond acceptors (Lipinski definition) is 12. The zero-order valence-corrected chi connectivity index (χ0v) is 14.3. The molecule has 1 aromatic rings. The fourth-order valence-electron chi connectivity index (χ4n) is 2.55. The molecule has 2 amide bonds. The van der Waals surface area contributed by atoms with Crippen LogP contribution in [-0.2, 0) is 9.47 Å². The molecule has 2 fully saturated rings. The summed E-state index contributed by atoms with van der Waals surface area (Å²) in [6.45, 7) is -1.01. The third kappa shape index (κ3) is 4.11. The van der Waals surface area contributed by atoms with Crippen LogP contribution in [0.2, 0.25) is 0 Å². The lowest BCUT2D eigenvalue weighted by Gasteiger charge is -2.16. The van der Waals surface area contributed by atoms with Gasteiger partial charge in [-0.2, -0.15) is 0 Å². The molecule has 3 heterocycles. The number of ether oxygens (including phenoxy) is 2. The number of epoxide rings is 2. The van der Waals surface area contributed by atoms with Crippen molar-refractivity contribution in [2.75, 3.05) is 24.7 Å². The van der Waals surface area contributed by atoms with E-state index in [0.717, 1.165) is 0 Å². The highest BCUT2D eigenvalue weighted by Crippen LogP contribution is 2.24. The summed E-state index contributed by atoms with van der Waals surface area (Å²) in [5.74, 6) is -2.50. The minimum absolute atomic E-state index is 0.387. The first-order chi connectivity index (χ1) is 13.3. The molecule has 1 aromatic heterocycles. The van der Waals surface area contributed by atoms with Crippen molar-refractivity contribution in [1.82, 2.24) is 20.6 Å². The Labute approximate surface area is 157 Å². The van der Waals surface area contributed by atoms with E-state index < -0.39 is 73.5 Å². The van der Waals surface area contributed by atoms with Gasteiger partial charge >= 0.3 is 0 Å². The van der Waals surface area contributed by atoms with Gasteiger partial charge in [-0.3, -0.25) is 9.59 Å². The van der Waals surface area contributed by atoms with Crippen LogP contribution in [0.5, 0.6) is 0 Å². The van der Waals surface area contributed by atoms with E-state index in [-0.39, 0.29) is 11.4 Å². The molecule has 0 radical (unpaired) electrons. The summed E-state index contributed by atoms with van der Waals surface area (Å²) < 4.78 is 9.56. The molecular weight excluding hydrogens is 380 g/mol. The second-order valence-electron chi connectivity index (χ2n) is 6.20. The van der Waals surface area contributed by atoms with E-state index in [4.69, 9.17) is 20.9 Å². The molecule has 0 aromatic carbocycles. The smallest absolute Gasteiger partial charge is 0.274 e. The molecule has 6 atom stereocenters. The number of aliphatic hydroxyl groups is 4. The Bertz CT molecular complexity index is 715. The molecular formula is C14H20N6O8. The molecule has 154 valence electrons. The Morgan fingerprint density at radius 2 is 1.21 bits per heavy atom. The maximum absolute atomic E-state index is 12.3. The average molecular weight is 400 g/mol. The molecule has 4 unspecified atom stereocenters. The summed E-state index contributed by atoms with van der Waals surface area (Å²) in [7, 11) is 0. The van der Waals surface area contributed by atoms with Crippen molar-refractivity contribution in [3.63, 3.8) is 0 Å². The minimum atomic E-state index is -1.09. The predicted molar refractivity (Wildman–Crippen MR) is 89.3 cm³/mol. The van der Waals surface area contributed by atoms with Gasteiger partial charge in [0.05, 0.1) is 25.3 Å². The summed E-state index contributed by atoms with van der Waals surface area (Å²) in [6, 6.07) is -1.80. The number of anilines is 2. The monoisotopic (exact) mass is 400 g/mol. The number of nitrogens with zero attached hydrogens (tertiary/aromatic N) is 2. The number of amides is 2. The topological polar surface area (TPSA) is 242 Å². The quantitative estimate of drug-likeness (QED) is 0.192. The molecule has 2 aliphatic rings. The Kier molecular flexibility index (Phi) is 5.59. The highest BCUT2D eigenvalue weighted by Gasteiger charge is 2.45. The molecule has 2 aliphatic heterocycles. The number of nitrogens with two attached hydrogens (primary N) is 2. The van der Waals surface area contributed by atoms with Gasteiger partial charge in [-0.15, -0.1) is 0 Å². The van der Waals surface area contributed by atoms with Gasteiger partial charge in [0.1, 0.15) is 12.2 Å². The fraction of sp³-hybridized carbons (Fsp3) is 0.571. The third-order valence-corrected chi connectivity index (χ3v) is 4.20. The van der Waals surface area contributed by atoms with Crippen molar-refractivity contribution in [2.45, 2.75) is 36.9 Å². The zero-order valence-electron chi connectivity index (χ0n) is 14.3. The Hall–Kier alpha value is -2.62. The van der Waals surface area contributed by atoms with E-state index in [2.05, 4.69) is 20.6 Å². The van der Waals surface area contributed by atoms with E-state index in [1.807, 2.05) is 0 Å². The first-order valence-corrected chi connectivity index (χ1v) is 8.20.